The Morgan fingerprint density at radius 2 is 2.12 bits per heavy atom. The third kappa shape index (κ3) is 6.45. The van der Waals surface area contributed by atoms with Gasteiger partial charge in [-0.05, 0) is 45.2 Å². The maximum absolute atomic E-state index is 12.6. The second-order valence-electron chi connectivity index (χ2n) is 7.18. The lowest BCUT2D eigenvalue weighted by Crippen LogP contribution is -2.52. The molecule has 2 rings (SSSR count). The fourth-order valence-electron chi connectivity index (χ4n) is 3.39. The van der Waals surface area contributed by atoms with Crippen LogP contribution in [-0.4, -0.2) is 31.3 Å². The van der Waals surface area contributed by atoms with E-state index in [1.165, 1.54) is 0 Å². The van der Waals surface area contributed by atoms with E-state index in [0.29, 0.717) is 26.4 Å². The van der Waals surface area contributed by atoms with Crippen LogP contribution in [0.2, 0.25) is 0 Å². The molecule has 3 N–H and O–H groups in total. The number of hydrogen-bond donors (Lipinski definition) is 2. The lowest BCUT2D eigenvalue weighted by molar-refractivity contribution is -0.128. The molecule has 1 saturated carbocycles. The Hall–Kier alpha value is -1.30. The second-order valence-corrected chi connectivity index (χ2v) is 7.18. The van der Waals surface area contributed by atoms with Crippen molar-refractivity contribution >= 4 is 18.3 Å². The molecule has 148 valence electrons. The molecular weight excluding hydrogens is 352 g/mol. The standard InChI is InChI=1S/C20H32N2O3.ClH/c1-4-24-11-12-25-18-13-15(2)8-9-16(18)14-22-19(23)17-7-5-6-10-20(17,3)21;/h8-9,13,17H,4-7,10-12,14,21H2,1-3H3,(H,22,23);1H. The monoisotopic (exact) mass is 384 g/mol. The number of carbonyl (C=O) groups is 1. The summed E-state index contributed by atoms with van der Waals surface area (Å²) in [5.41, 5.74) is 8.03. The van der Waals surface area contributed by atoms with Crippen LogP contribution in [0.15, 0.2) is 18.2 Å². The van der Waals surface area contributed by atoms with E-state index in [9.17, 15) is 4.79 Å². The summed E-state index contributed by atoms with van der Waals surface area (Å²) in [7, 11) is 0. The van der Waals surface area contributed by atoms with Gasteiger partial charge in [-0.25, -0.2) is 0 Å². The van der Waals surface area contributed by atoms with Crippen LogP contribution in [-0.2, 0) is 16.1 Å². The molecule has 2 unspecified atom stereocenters. The minimum Gasteiger partial charge on any atom is -0.491 e. The largest absolute Gasteiger partial charge is 0.491 e. The summed E-state index contributed by atoms with van der Waals surface area (Å²) in [5.74, 6) is 0.735. The molecular formula is C20H33ClN2O3. The SMILES string of the molecule is CCOCCOc1cc(C)ccc1CNC(=O)C1CCCCC1(C)N.Cl. The molecule has 0 saturated heterocycles. The summed E-state index contributed by atoms with van der Waals surface area (Å²) in [6.07, 6.45) is 3.94. The normalized spacial score (nSPS) is 22.4. The van der Waals surface area contributed by atoms with Gasteiger partial charge in [-0.1, -0.05) is 25.0 Å². The number of halogens is 1. The van der Waals surface area contributed by atoms with Crippen LogP contribution in [0.5, 0.6) is 5.75 Å². The van der Waals surface area contributed by atoms with Gasteiger partial charge < -0.3 is 20.5 Å². The minimum absolute atomic E-state index is 0. The molecule has 1 aromatic carbocycles. The number of hydrogen-bond acceptors (Lipinski definition) is 4. The number of nitrogens with two attached hydrogens (primary N) is 1. The molecule has 0 radical (unpaired) electrons. The molecule has 0 aromatic heterocycles. The molecule has 1 aliphatic rings. The Bertz CT molecular complexity index is 578. The van der Waals surface area contributed by atoms with Gasteiger partial charge >= 0.3 is 0 Å². The van der Waals surface area contributed by atoms with Crippen molar-refractivity contribution in [3.8, 4) is 5.75 Å². The summed E-state index contributed by atoms with van der Waals surface area (Å²) in [6, 6.07) is 6.04. The first-order valence-electron chi connectivity index (χ1n) is 9.30. The number of amides is 1. The van der Waals surface area contributed by atoms with Crippen molar-refractivity contribution in [2.45, 2.75) is 58.5 Å². The maximum Gasteiger partial charge on any atom is 0.225 e. The zero-order valence-electron chi connectivity index (χ0n) is 16.2. The summed E-state index contributed by atoms with van der Waals surface area (Å²) in [4.78, 5) is 12.6. The first kappa shape index (κ1) is 22.7. The van der Waals surface area contributed by atoms with Crippen molar-refractivity contribution in [3.63, 3.8) is 0 Å². The third-order valence-corrected chi connectivity index (χ3v) is 4.94. The number of carbonyl (C=O) groups excluding carboxylic acids is 1. The van der Waals surface area contributed by atoms with E-state index in [1.54, 1.807) is 0 Å². The first-order valence-corrected chi connectivity index (χ1v) is 9.30. The molecule has 0 aliphatic heterocycles. The minimum atomic E-state index is -0.410. The van der Waals surface area contributed by atoms with Gasteiger partial charge in [-0.2, -0.15) is 0 Å². The zero-order valence-corrected chi connectivity index (χ0v) is 17.0. The fraction of sp³-hybridized carbons (Fsp3) is 0.650. The zero-order chi connectivity index (χ0) is 18.3. The van der Waals surface area contributed by atoms with Gasteiger partial charge in [-0.3, -0.25) is 4.79 Å². The van der Waals surface area contributed by atoms with Crippen LogP contribution in [0.25, 0.3) is 0 Å². The third-order valence-electron chi connectivity index (χ3n) is 4.94. The van der Waals surface area contributed by atoms with Gasteiger partial charge in [0.05, 0.1) is 12.5 Å². The van der Waals surface area contributed by atoms with E-state index >= 15 is 0 Å². The smallest absolute Gasteiger partial charge is 0.225 e. The molecule has 1 amide bonds. The lowest BCUT2D eigenvalue weighted by atomic mass is 9.74. The van der Waals surface area contributed by atoms with Crippen LogP contribution in [0, 0.1) is 12.8 Å². The van der Waals surface area contributed by atoms with E-state index in [-0.39, 0.29) is 24.2 Å². The van der Waals surface area contributed by atoms with E-state index < -0.39 is 5.54 Å². The predicted octanol–water partition coefficient (Wildman–Crippen LogP) is 3.36. The molecule has 1 fully saturated rings. The molecule has 0 bridgehead atoms. The highest BCUT2D eigenvalue weighted by molar-refractivity contribution is 5.85. The highest BCUT2D eigenvalue weighted by Crippen LogP contribution is 2.31. The van der Waals surface area contributed by atoms with Crippen molar-refractivity contribution in [2.24, 2.45) is 11.7 Å². The average Bonchev–Trinajstić information content (AvgIpc) is 2.57. The Morgan fingerprint density at radius 1 is 1.35 bits per heavy atom. The van der Waals surface area contributed by atoms with Gasteiger partial charge in [-0.15, -0.1) is 12.4 Å². The number of ether oxygens (including phenoxy) is 2. The number of aryl methyl sites for hydroxylation is 1. The van der Waals surface area contributed by atoms with Gasteiger partial charge in [0.15, 0.2) is 0 Å². The van der Waals surface area contributed by atoms with E-state index in [4.69, 9.17) is 15.2 Å². The van der Waals surface area contributed by atoms with Crippen LogP contribution < -0.4 is 15.8 Å². The van der Waals surface area contributed by atoms with Gasteiger partial charge in [0.2, 0.25) is 5.91 Å². The number of nitrogens with one attached hydrogen (secondary N) is 1. The van der Waals surface area contributed by atoms with Crippen molar-refractivity contribution in [1.82, 2.24) is 5.32 Å². The highest BCUT2D eigenvalue weighted by atomic mass is 35.5. The van der Waals surface area contributed by atoms with Gasteiger partial charge in [0, 0.05) is 24.3 Å². The molecule has 1 aliphatic carbocycles. The van der Waals surface area contributed by atoms with Crippen molar-refractivity contribution < 1.29 is 14.3 Å². The summed E-state index contributed by atoms with van der Waals surface area (Å²) >= 11 is 0. The Balaban J connectivity index is 0.00000338. The average molecular weight is 385 g/mol. The quantitative estimate of drug-likeness (QED) is 0.674. The van der Waals surface area contributed by atoms with Crippen LogP contribution >= 0.6 is 12.4 Å². The lowest BCUT2D eigenvalue weighted by Gasteiger charge is -2.37. The molecule has 5 nitrogen and oxygen atoms in total. The highest BCUT2D eigenvalue weighted by Gasteiger charge is 2.37. The molecule has 0 heterocycles. The molecule has 6 heteroatoms. The van der Waals surface area contributed by atoms with Crippen LogP contribution in [0.1, 0.15) is 50.7 Å². The topological polar surface area (TPSA) is 73.6 Å². The summed E-state index contributed by atoms with van der Waals surface area (Å²) in [6.45, 7) is 8.18. The van der Waals surface area contributed by atoms with Crippen molar-refractivity contribution in [1.29, 1.82) is 0 Å². The molecule has 2 atom stereocenters. The molecule has 1 aromatic rings. The van der Waals surface area contributed by atoms with E-state index in [0.717, 1.165) is 42.6 Å². The van der Waals surface area contributed by atoms with E-state index in [2.05, 4.69) is 5.32 Å². The van der Waals surface area contributed by atoms with Crippen molar-refractivity contribution in [3.05, 3.63) is 29.3 Å². The molecule has 0 spiro atoms. The predicted molar refractivity (Wildman–Crippen MR) is 107 cm³/mol. The Morgan fingerprint density at radius 3 is 2.81 bits per heavy atom. The van der Waals surface area contributed by atoms with Crippen LogP contribution in [0.3, 0.4) is 0 Å². The van der Waals surface area contributed by atoms with Crippen molar-refractivity contribution in [2.75, 3.05) is 19.8 Å². The summed E-state index contributed by atoms with van der Waals surface area (Å²) in [5, 5.41) is 3.06. The van der Waals surface area contributed by atoms with Gasteiger partial charge in [0.1, 0.15) is 12.4 Å². The Labute approximate surface area is 163 Å². The first-order chi connectivity index (χ1) is 11.9. The number of rotatable bonds is 8. The number of benzene rings is 1. The Kier molecular flexibility index (Phi) is 9.41. The van der Waals surface area contributed by atoms with E-state index in [1.807, 2.05) is 39.0 Å². The second kappa shape index (κ2) is 10.8. The molecule has 26 heavy (non-hydrogen) atoms. The fourth-order valence-corrected chi connectivity index (χ4v) is 3.39. The summed E-state index contributed by atoms with van der Waals surface area (Å²) < 4.78 is 11.2. The van der Waals surface area contributed by atoms with Gasteiger partial charge in [0.25, 0.3) is 0 Å². The maximum atomic E-state index is 12.6. The van der Waals surface area contributed by atoms with Crippen LogP contribution in [0.4, 0.5) is 0 Å².